The highest BCUT2D eigenvalue weighted by Gasteiger charge is 2.15. The number of hydrogen-bond donors (Lipinski definition) is 1. The predicted molar refractivity (Wildman–Crippen MR) is 57.2 cm³/mol. The summed E-state index contributed by atoms with van der Waals surface area (Å²) in [5, 5.41) is 3.07. The molecule has 2 rings (SSSR count). The van der Waals surface area contributed by atoms with Crippen molar-refractivity contribution in [1.82, 2.24) is 14.9 Å². The van der Waals surface area contributed by atoms with Gasteiger partial charge in [0, 0.05) is 18.4 Å². The van der Waals surface area contributed by atoms with Crippen LogP contribution in [0.4, 0.5) is 0 Å². The van der Waals surface area contributed by atoms with Crippen LogP contribution in [0.15, 0.2) is 18.7 Å². The average Bonchev–Trinajstić information content (AvgIpc) is 2.71. The molecule has 1 saturated carbocycles. The molecule has 1 aliphatic rings. The van der Waals surface area contributed by atoms with Crippen LogP contribution in [0.2, 0.25) is 0 Å². The molecule has 0 unspecified atom stereocenters. The zero-order valence-corrected chi connectivity index (χ0v) is 8.85. The third-order valence-corrected chi connectivity index (χ3v) is 2.86. The lowest BCUT2D eigenvalue weighted by atomic mass is 9.95. The Bertz CT molecular complexity index is 302. The second kappa shape index (κ2) is 4.96. The van der Waals surface area contributed by atoms with E-state index in [2.05, 4.69) is 10.3 Å². The topological polar surface area (TPSA) is 46.9 Å². The van der Waals surface area contributed by atoms with Gasteiger partial charge in [0.05, 0.1) is 6.33 Å². The minimum Gasteiger partial charge on any atom is -0.352 e. The smallest absolute Gasteiger partial charge is 0.240 e. The molecular weight excluding hydrogens is 190 g/mol. The molecule has 1 N–H and O–H groups in total. The fraction of sp³-hybridized carbons (Fsp3) is 0.636. The van der Waals surface area contributed by atoms with E-state index in [0.717, 1.165) is 12.8 Å². The van der Waals surface area contributed by atoms with Gasteiger partial charge in [-0.15, -0.1) is 0 Å². The van der Waals surface area contributed by atoms with Crippen molar-refractivity contribution in [3.63, 3.8) is 0 Å². The molecule has 1 aromatic heterocycles. The minimum atomic E-state index is 0.0971. The molecular formula is C11H17N3O. The molecule has 0 aromatic carbocycles. The number of nitrogens with one attached hydrogen (secondary N) is 1. The molecule has 0 radical (unpaired) electrons. The maximum atomic E-state index is 11.6. The number of carbonyl (C=O) groups is 1. The molecule has 0 atom stereocenters. The molecule has 0 bridgehead atoms. The first-order valence-electron chi connectivity index (χ1n) is 5.60. The van der Waals surface area contributed by atoms with E-state index in [9.17, 15) is 4.79 Å². The van der Waals surface area contributed by atoms with Gasteiger partial charge in [-0.05, 0) is 12.8 Å². The predicted octanol–water partition coefficient (Wildman–Crippen LogP) is 1.33. The molecule has 1 fully saturated rings. The molecule has 4 heteroatoms. The van der Waals surface area contributed by atoms with Crippen LogP contribution < -0.4 is 5.32 Å². The lowest BCUT2D eigenvalue weighted by Gasteiger charge is -2.22. The maximum Gasteiger partial charge on any atom is 0.240 e. The first kappa shape index (κ1) is 10.2. The van der Waals surface area contributed by atoms with E-state index in [1.54, 1.807) is 23.3 Å². The van der Waals surface area contributed by atoms with Crippen molar-refractivity contribution in [2.24, 2.45) is 0 Å². The molecule has 1 aliphatic carbocycles. The second-order valence-electron chi connectivity index (χ2n) is 4.14. The quantitative estimate of drug-likeness (QED) is 0.812. The van der Waals surface area contributed by atoms with Gasteiger partial charge in [0.25, 0.3) is 0 Å². The van der Waals surface area contributed by atoms with Gasteiger partial charge in [-0.2, -0.15) is 0 Å². The first-order valence-corrected chi connectivity index (χ1v) is 5.60. The Kier molecular flexibility index (Phi) is 3.37. The van der Waals surface area contributed by atoms with Crippen LogP contribution in [-0.4, -0.2) is 21.5 Å². The number of nitrogens with zero attached hydrogens (tertiary/aromatic N) is 2. The van der Waals surface area contributed by atoms with Crippen LogP contribution >= 0.6 is 0 Å². The summed E-state index contributed by atoms with van der Waals surface area (Å²) >= 11 is 0. The van der Waals surface area contributed by atoms with E-state index >= 15 is 0 Å². The van der Waals surface area contributed by atoms with E-state index < -0.39 is 0 Å². The van der Waals surface area contributed by atoms with Crippen molar-refractivity contribution in [2.45, 2.75) is 44.7 Å². The van der Waals surface area contributed by atoms with Crippen molar-refractivity contribution in [2.75, 3.05) is 0 Å². The highest BCUT2D eigenvalue weighted by atomic mass is 16.2. The molecule has 82 valence electrons. The van der Waals surface area contributed by atoms with Crippen molar-refractivity contribution >= 4 is 5.91 Å². The zero-order valence-electron chi connectivity index (χ0n) is 8.85. The minimum absolute atomic E-state index is 0.0971. The summed E-state index contributed by atoms with van der Waals surface area (Å²) in [7, 11) is 0. The molecule has 0 saturated heterocycles. The SMILES string of the molecule is O=C(Cn1ccnc1)NC1CCCCC1. The summed E-state index contributed by atoms with van der Waals surface area (Å²) in [4.78, 5) is 15.5. The number of carbonyl (C=O) groups excluding carboxylic acids is 1. The van der Waals surface area contributed by atoms with Crippen molar-refractivity contribution in [1.29, 1.82) is 0 Å². The van der Waals surface area contributed by atoms with Crippen LogP contribution in [0.5, 0.6) is 0 Å². The van der Waals surface area contributed by atoms with E-state index in [0.29, 0.717) is 12.6 Å². The molecule has 1 heterocycles. The summed E-state index contributed by atoms with van der Waals surface area (Å²) in [6, 6.07) is 0.398. The van der Waals surface area contributed by atoms with Crippen LogP contribution in [0.25, 0.3) is 0 Å². The lowest BCUT2D eigenvalue weighted by Crippen LogP contribution is -2.37. The van der Waals surface area contributed by atoms with Crippen molar-refractivity contribution in [3.8, 4) is 0 Å². The van der Waals surface area contributed by atoms with Crippen LogP contribution in [0, 0.1) is 0 Å². The van der Waals surface area contributed by atoms with Gasteiger partial charge < -0.3 is 9.88 Å². The first-order chi connectivity index (χ1) is 7.34. The standard InChI is InChI=1S/C11H17N3O/c15-11(8-14-7-6-12-9-14)13-10-4-2-1-3-5-10/h6-7,9-10H,1-5,8H2,(H,13,15). The van der Waals surface area contributed by atoms with Crippen molar-refractivity contribution in [3.05, 3.63) is 18.7 Å². The summed E-state index contributed by atoms with van der Waals surface area (Å²) in [6.07, 6.45) is 11.2. The van der Waals surface area contributed by atoms with Crippen LogP contribution in [0.3, 0.4) is 0 Å². The Labute approximate surface area is 89.7 Å². The van der Waals surface area contributed by atoms with E-state index in [1.165, 1.54) is 19.3 Å². The Balaban J connectivity index is 1.76. The van der Waals surface area contributed by atoms with E-state index in [1.807, 2.05) is 0 Å². The summed E-state index contributed by atoms with van der Waals surface area (Å²) in [5.74, 6) is 0.0971. The number of imidazole rings is 1. The Morgan fingerprint density at radius 2 is 2.20 bits per heavy atom. The average molecular weight is 207 g/mol. The van der Waals surface area contributed by atoms with E-state index in [-0.39, 0.29) is 5.91 Å². The normalized spacial score (nSPS) is 17.6. The Morgan fingerprint density at radius 1 is 1.40 bits per heavy atom. The molecule has 0 aliphatic heterocycles. The van der Waals surface area contributed by atoms with Gasteiger partial charge in [0.1, 0.15) is 6.54 Å². The fourth-order valence-corrected chi connectivity index (χ4v) is 2.07. The number of hydrogen-bond acceptors (Lipinski definition) is 2. The summed E-state index contributed by atoms with van der Waals surface area (Å²) in [6.45, 7) is 0.385. The third-order valence-electron chi connectivity index (χ3n) is 2.86. The Morgan fingerprint density at radius 3 is 2.87 bits per heavy atom. The highest BCUT2D eigenvalue weighted by molar-refractivity contribution is 5.76. The molecule has 15 heavy (non-hydrogen) atoms. The van der Waals surface area contributed by atoms with Gasteiger partial charge in [0.2, 0.25) is 5.91 Å². The van der Waals surface area contributed by atoms with Crippen molar-refractivity contribution < 1.29 is 4.79 Å². The van der Waals surface area contributed by atoms with Gasteiger partial charge in [-0.3, -0.25) is 4.79 Å². The van der Waals surface area contributed by atoms with Crippen LogP contribution in [-0.2, 0) is 11.3 Å². The van der Waals surface area contributed by atoms with E-state index in [4.69, 9.17) is 0 Å². The van der Waals surface area contributed by atoms with Crippen LogP contribution in [0.1, 0.15) is 32.1 Å². The largest absolute Gasteiger partial charge is 0.352 e. The molecule has 1 amide bonds. The zero-order chi connectivity index (χ0) is 10.5. The number of rotatable bonds is 3. The molecule has 0 spiro atoms. The molecule has 4 nitrogen and oxygen atoms in total. The number of aromatic nitrogens is 2. The van der Waals surface area contributed by atoms with Gasteiger partial charge in [-0.25, -0.2) is 4.98 Å². The van der Waals surface area contributed by atoms with Gasteiger partial charge in [0.15, 0.2) is 0 Å². The highest BCUT2D eigenvalue weighted by Crippen LogP contribution is 2.17. The summed E-state index contributed by atoms with van der Waals surface area (Å²) < 4.78 is 1.79. The third kappa shape index (κ3) is 3.08. The summed E-state index contributed by atoms with van der Waals surface area (Å²) in [5.41, 5.74) is 0. The number of amides is 1. The Hall–Kier alpha value is -1.32. The van der Waals surface area contributed by atoms with Gasteiger partial charge >= 0.3 is 0 Å². The molecule has 1 aromatic rings. The second-order valence-corrected chi connectivity index (χ2v) is 4.14. The fourth-order valence-electron chi connectivity index (χ4n) is 2.07. The lowest BCUT2D eigenvalue weighted by molar-refractivity contribution is -0.122. The maximum absolute atomic E-state index is 11.6. The van der Waals surface area contributed by atoms with Gasteiger partial charge in [-0.1, -0.05) is 19.3 Å². The monoisotopic (exact) mass is 207 g/mol.